The summed E-state index contributed by atoms with van der Waals surface area (Å²) in [6, 6.07) is 8.55. The summed E-state index contributed by atoms with van der Waals surface area (Å²) in [7, 11) is 0. The van der Waals surface area contributed by atoms with Gasteiger partial charge < -0.3 is 0 Å². The fourth-order valence-electron chi connectivity index (χ4n) is 1.28. The fraction of sp³-hybridized carbons (Fsp3) is 0.455. The van der Waals surface area contributed by atoms with E-state index in [-0.39, 0.29) is 0 Å². The SMILES string of the molecule is Cc1ccc(SCC2CC2(Cl)Cl)cc1. The first-order valence-corrected chi connectivity index (χ1v) is 6.39. The number of hydrogen-bond acceptors (Lipinski definition) is 1. The molecular formula is C11H12Cl2S. The van der Waals surface area contributed by atoms with Crippen LogP contribution in [0.2, 0.25) is 0 Å². The average Bonchev–Trinajstić information content (AvgIpc) is 2.73. The van der Waals surface area contributed by atoms with E-state index in [1.165, 1.54) is 10.5 Å². The number of aryl methyl sites for hydroxylation is 1. The van der Waals surface area contributed by atoms with Crippen molar-refractivity contribution < 1.29 is 0 Å². The molecule has 0 heterocycles. The highest BCUT2D eigenvalue weighted by molar-refractivity contribution is 7.99. The van der Waals surface area contributed by atoms with Gasteiger partial charge in [-0.15, -0.1) is 35.0 Å². The zero-order valence-electron chi connectivity index (χ0n) is 7.97. The van der Waals surface area contributed by atoms with Crippen LogP contribution in [0, 0.1) is 12.8 Å². The Morgan fingerprint density at radius 2 is 1.93 bits per heavy atom. The monoisotopic (exact) mass is 246 g/mol. The van der Waals surface area contributed by atoms with Gasteiger partial charge >= 0.3 is 0 Å². The van der Waals surface area contributed by atoms with Crippen molar-refractivity contribution in [2.24, 2.45) is 5.92 Å². The topological polar surface area (TPSA) is 0 Å². The molecule has 2 rings (SSSR count). The standard InChI is InChI=1S/C11H12Cl2S/c1-8-2-4-10(5-3-8)14-7-9-6-11(9,12)13/h2-5,9H,6-7H2,1H3. The molecule has 1 unspecified atom stereocenters. The third kappa shape index (κ3) is 2.59. The van der Waals surface area contributed by atoms with Gasteiger partial charge in [-0.2, -0.15) is 0 Å². The van der Waals surface area contributed by atoms with Gasteiger partial charge in [0.05, 0.1) is 0 Å². The van der Waals surface area contributed by atoms with Crippen LogP contribution in [0.5, 0.6) is 0 Å². The van der Waals surface area contributed by atoms with Crippen LogP contribution >= 0.6 is 35.0 Å². The lowest BCUT2D eigenvalue weighted by Crippen LogP contribution is -1.92. The molecule has 0 aromatic heterocycles. The first-order valence-electron chi connectivity index (χ1n) is 4.65. The van der Waals surface area contributed by atoms with Crippen LogP contribution in [0.3, 0.4) is 0 Å². The lowest BCUT2D eigenvalue weighted by molar-refractivity contribution is 0.979. The molecule has 0 bridgehead atoms. The minimum Gasteiger partial charge on any atom is -0.126 e. The van der Waals surface area contributed by atoms with Crippen LogP contribution in [0.1, 0.15) is 12.0 Å². The van der Waals surface area contributed by atoms with Crippen LogP contribution in [-0.4, -0.2) is 10.1 Å². The summed E-state index contributed by atoms with van der Waals surface area (Å²) < 4.78 is -0.433. The molecule has 1 atom stereocenters. The van der Waals surface area contributed by atoms with Crippen molar-refractivity contribution in [3.8, 4) is 0 Å². The van der Waals surface area contributed by atoms with Gasteiger partial charge in [-0.25, -0.2) is 0 Å². The summed E-state index contributed by atoms with van der Waals surface area (Å²) in [5, 5.41) is 0. The van der Waals surface area contributed by atoms with Crippen LogP contribution in [-0.2, 0) is 0 Å². The molecular weight excluding hydrogens is 235 g/mol. The number of rotatable bonds is 3. The minimum absolute atomic E-state index is 0.433. The molecule has 0 amide bonds. The molecule has 0 saturated heterocycles. The van der Waals surface area contributed by atoms with Crippen molar-refractivity contribution in [2.45, 2.75) is 22.6 Å². The van der Waals surface area contributed by atoms with E-state index in [1.54, 1.807) is 0 Å². The zero-order chi connectivity index (χ0) is 10.2. The summed E-state index contributed by atoms with van der Waals surface area (Å²) in [6.07, 6.45) is 0.939. The molecule has 1 aliphatic carbocycles. The molecule has 0 nitrogen and oxygen atoms in total. The normalized spacial score (nSPS) is 23.5. The first kappa shape index (κ1) is 10.7. The molecule has 1 aliphatic rings. The smallest absolute Gasteiger partial charge is 0.122 e. The quantitative estimate of drug-likeness (QED) is 0.567. The van der Waals surface area contributed by atoms with Crippen molar-refractivity contribution in [3.63, 3.8) is 0 Å². The van der Waals surface area contributed by atoms with Gasteiger partial charge in [-0.1, -0.05) is 17.7 Å². The summed E-state index contributed by atoms with van der Waals surface area (Å²) in [4.78, 5) is 1.30. The second-order valence-corrected chi connectivity index (χ2v) is 6.42. The molecule has 0 aliphatic heterocycles. The predicted octanol–water partition coefficient (Wildman–Crippen LogP) is 4.28. The summed E-state index contributed by atoms with van der Waals surface area (Å²) in [5.74, 6) is 1.49. The minimum atomic E-state index is -0.433. The number of alkyl halides is 2. The summed E-state index contributed by atoms with van der Waals surface area (Å²) >= 11 is 13.7. The predicted molar refractivity (Wildman–Crippen MR) is 64.4 cm³/mol. The van der Waals surface area contributed by atoms with Crippen LogP contribution in [0.15, 0.2) is 29.2 Å². The van der Waals surface area contributed by atoms with Crippen LogP contribution < -0.4 is 0 Å². The van der Waals surface area contributed by atoms with Gasteiger partial charge in [0.25, 0.3) is 0 Å². The number of halogens is 2. The molecule has 0 radical (unpaired) electrons. The third-order valence-corrected chi connectivity index (χ3v) is 4.53. The molecule has 1 fully saturated rings. The Labute approximate surface area is 99.0 Å². The molecule has 1 saturated carbocycles. The van der Waals surface area contributed by atoms with Gasteiger partial charge in [0, 0.05) is 16.6 Å². The third-order valence-electron chi connectivity index (χ3n) is 2.43. The molecule has 1 aromatic rings. The highest BCUT2D eigenvalue weighted by Gasteiger charge is 2.51. The van der Waals surface area contributed by atoms with Crippen molar-refractivity contribution in [3.05, 3.63) is 29.8 Å². The number of hydrogen-bond donors (Lipinski definition) is 0. The maximum Gasteiger partial charge on any atom is 0.122 e. The summed E-state index contributed by atoms with van der Waals surface area (Å²) in [5.41, 5.74) is 1.30. The van der Waals surface area contributed by atoms with E-state index in [4.69, 9.17) is 23.2 Å². The highest BCUT2D eigenvalue weighted by atomic mass is 35.5. The first-order chi connectivity index (χ1) is 6.58. The van der Waals surface area contributed by atoms with Crippen LogP contribution in [0.25, 0.3) is 0 Å². The Balaban J connectivity index is 1.84. The molecule has 14 heavy (non-hydrogen) atoms. The van der Waals surface area contributed by atoms with Gasteiger partial charge in [0.1, 0.15) is 4.33 Å². The maximum absolute atomic E-state index is 5.95. The Morgan fingerprint density at radius 3 is 2.43 bits per heavy atom. The summed E-state index contributed by atoms with van der Waals surface area (Å²) in [6.45, 7) is 2.10. The van der Waals surface area contributed by atoms with E-state index in [0.29, 0.717) is 5.92 Å². The van der Waals surface area contributed by atoms with E-state index in [1.807, 2.05) is 11.8 Å². The molecule has 0 N–H and O–H groups in total. The maximum atomic E-state index is 5.95. The van der Waals surface area contributed by atoms with E-state index in [0.717, 1.165) is 12.2 Å². The van der Waals surface area contributed by atoms with Crippen molar-refractivity contribution in [2.75, 3.05) is 5.75 Å². The van der Waals surface area contributed by atoms with Gasteiger partial charge in [0.15, 0.2) is 0 Å². The number of benzene rings is 1. The molecule has 76 valence electrons. The van der Waals surface area contributed by atoms with E-state index in [9.17, 15) is 0 Å². The van der Waals surface area contributed by atoms with Crippen molar-refractivity contribution >= 4 is 35.0 Å². The molecule has 0 spiro atoms. The lowest BCUT2D eigenvalue weighted by atomic mass is 10.2. The van der Waals surface area contributed by atoms with Crippen molar-refractivity contribution in [1.82, 2.24) is 0 Å². The largest absolute Gasteiger partial charge is 0.126 e. The molecule has 1 aromatic carbocycles. The van der Waals surface area contributed by atoms with Crippen LogP contribution in [0.4, 0.5) is 0 Å². The van der Waals surface area contributed by atoms with Crippen molar-refractivity contribution in [1.29, 1.82) is 0 Å². The second-order valence-electron chi connectivity index (χ2n) is 3.79. The lowest BCUT2D eigenvalue weighted by Gasteiger charge is -2.01. The van der Waals surface area contributed by atoms with Gasteiger partial charge in [-0.05, 0) is 25.5 Å². The van der Waals surface area contributed by atoms with Gasteiger partial charge in [-0.3, -0.25) is 0 Å². The van der Waals surface area contributed by atoms with E-state index < -0.39 is 4.33 Å². The van der Waals surface area contributed by atoms with Gasteiger partial charge in [0.2, 0.25) is 0 Å². The Bertz CT molecular complexity index is 319. The fourth-order valence-corrected chi connectivity index (χ4v) is 3.12. The molecule has 3 heteroatoms. The second kappa shape index (κ2) is 3.96. The van der Waals surface area contributed by atoms with E-state index in [2.05, 4.69) is 31.2 Å². The Kier molecular flexibility index (Phi) is 3.01. The highest BCUT2D eigenvalue weighted by Crippen LogP contribution is 2.54. The zero-order valence-corrected chi connectivity index (χ0v) is 10.3. The average molecular weight is 247 g/mol. The Hall–Kier alpha value is 0.150. The van der Waals surface area contributed by atoms with E-state index >= 15 is 0 Å². The Morgan fingerprint density at radius 1 is 1.36 bits per heavy atom. The number of thioether (sulfide) groups is 1.